The van der Waals surface area contributed by atoms with Gasteiger partial charge in [-0.2, -0.15) is 0 Å². The highest BCUT2D eigenvalue weighted by Crippen LogP contribution is 2.09. The van der Waals surface area contributed by atoms with Crippen molar-refractivity contribution < 1.29 is 9.47 Å². The van der Waals surface area contributed by atoms with Crippen molar-refractivity contribution >= 4 is 11.6 Å². The molecule has 2 nitrogen and oxygen atoms in total. The predicted molar refractivity (Wildman–Crippen MR) is 53.0 cm³/mol. The molecule has 72 valence electrons. The lowest BCUT2D eigenvalue weighted by Gasteiger charge is -2.02. The summed E-state index contributed by atoms with van der Waals surface area (Å²) >= 11 is 5.74. The summed E-state index contributed by atoms with van der Waals surface area (Å²) in [4.78, 5) is 0. The van der Waals surface area contributed by atoms with Gasteiger partial charge in [-0.25, -0.2) is 0 Å². The molecule has 1 rings (SSSR count). The van der Waals surface area contributed by atoms with E-state index in [-0.39, 0.29) is 0 Å². The maximum absolute atomic E-state index is 5.74. The fraction of sp³-hybridized carbons (Fsp3) is 0.400. The van der Waals surface area contributed by atoms with Crippen LogP contribution in [-0.2, 0) is 15.9 Å². The second kappa shape index (κ2) is 5.97. The minimum absolute atomic E-state index is 0.355. The van der Waals surface area contributed by atoms with Crippen LogP contribution >= 0.6 is 11.6 Å². The van der Waals surface area contributed by atoms with Crippen molar-refractivity contribution in [1.29, 1.82) is 0 Å². The predicted octanol–water partition coefficient (Wildman–Crippen LogP) is 2.50. The van der Waals surface area contributed by atoms with Gasteiger partial charge in [0.2, 0.25) is 0 Å². The molecule has 0 aliphatic heterocycles. The number of rotatable bonds is 5. The van der Waals surface area contributed by atoms with Crippen LogP contribution in [-0.4, -0.2) is 20.5 Å². The molecule has 0 N–H and O–H groups in total. The van der Waals surface area contributed by atoms with E-state index in [9.17, 15) is 0 Å². The van der Waals surface area contributed by atoms with Gasteiger partial charge in [0.15, 0.2) is 0 Å². The zero-order chi connectivity index (χ0) is 9.52. The van der Waals surface area contributed by atoms with Crippen LogP contribution in [0.25, 0.3) is 0 Å². The fourth-order valence-electron chi connectivity index (χ4n) is 0.983. The van der Waals surface area contributed by atoms with Crippen molar-refractivity contribution in [2.45, 2.75) is 6.42 Å². The first-order valence-corrected chi connectivity index (χ1v) is 4.52. The van der Waals surface area contributed by atoms with E-state index in [1.807, 2.05) is 24.3 Å². The summed E-state index contributed by atoms with van der Waals surface area (Å²) in [5.74, 6) is 0. The van der Waals surface area contributed by atoms with Gasteiger partial charge in [-0.15, -0.1) is 0 Å². The maximum atomic E-state index is 5.74. The number of methoxy groups -OCH3 is 1. The Kier molecular flexibility index (Phi) is 4.83. The van der Waals surface area contributed by atoms with Gasteiger partial charge in [-0.05, 0) is 24.1 Å². The van der Waals surface area contributed by atoms with Crippen LogP contribution in [0, 0.1) is 0 Å². The summed E-state index contributed by atoms with van der Waals surface area (Å²) in [6, 6.07) is 7.76. The summed E-state index contributed by atoms with van der Waals surface area (Å²) in [7, 11) is 1.61. The van der Waals surface area contributed by atoms with Crippen molar-refractivity contribution in [1.82, 2.24) is 0 Å². The molecule has 0 amide bonds. The van der Waals surface area contributed by atoms with Gasteiger partial charge in [-0.1, -0.05) is 23.7 Å². The van der Waals surface area contributed by atoms with E-state index in [0.29, 0.717) is 13.4 Å². The lowest BCUT2D eigenvalue weighted by atomic mass is 10.2. The molecule has 0 spiro atoms. The van der Waals surface area contributed by atoms with Crippen LogP contribution in [0.5, 0.6) is 0 Å². The monoisotopic (exact) mass is 200 g/mol. The van der Waals surface area contributed by atoms with Crippen LogP contribution in [0.15, 0.2) is 24.3 Å². The zero-order valence-electron chi connectivity index (χ0n) is 7.63. The molecular weight excluding hydrogens is 188 g/mol. The van der Waals surface area contributed by atoms with Gasteiger partial charge < -0.3 is 9.47 Å². The summed E-state index contributed by atoms with van der Waals surface area (Å²) in [5.41, 5.74) is 1.22. The van der Waals surface area contributed by atoms with Crippen molar-refractivity contribution in [2.75, 3.05) is 20.5 Å². The second-order valence-corrected chi connectivity index (χ2v) is 3.13. The third-order valence-electron chi connectivity index (χ3n) is 1.65. The molecule has 0 radical (unpaired) electrons. The Morgan fingerprint density at radius 1 is 1.23 bits per heavy atom. The molecule has 0 aliphatic carbocycles. The number of benzene rings is 1. The zero-order valence-corrected chi connectivity index (χ0v) is 8.38. The highest BCUT2D eigenvalue weighted by molar-refractivity contribution is 6.30. The molecule has 0 unspecified atom stereocenters. The average molecular weight is 201 g/mol. The SMILES string of the molecule is COCOCCc1ccc(Cl)cc1. The van der Waals surface area contributed by atoms with Crippen LogP contribution in [0.1, 0.15) is 5.56 Å². The molecule has 0 aliphatic rings. The molecule has 3 heteroatoms. The van der Waals surface area contributed by atoms with Crippen LogP contribution in [0.3, 0.4) is 0 Å². The molecule has 1 aromatic carbocycles. The van der Waals surface area contributed by atoms with Gasteiger partial charge in [0, 0.05) is 12.1 Å². The van der Waals surface area contributed by atoms with Gasteiger partial charge in [0.05, 0.1) is 6.61 Å². The topological polar surface area (TPSA) is 18.5 Å². The standard InChI is InChI=1S/C10H13ClO2/c1-12-8-13-7-6-9-2-4-10(11)5-3-9/h2-5H,6-8H2,1H3. The van der Waals surface area contributed by atoms with E-state index < -0.39 is 0 Å². The Bertz CT molecular complexity index is 233. The minimum atomic E-state index is 0.355. The molecular formula is C10H13ClO2. The molecule has 0 atom stereocenters. The molecule has 0 heterocycles. The molecule has 0 saturated carbocycles. The largest absolute Gasteiger partial charge is 0.359 e. The minimum Gasteiger partial charge on any atom is -0.359 e. The van der Waals surface area contributed by atoms with Gasteiger partial charge in [0.25, 0.3) is 0 Å². The fourth-order valence-corrected chi connectivity index (χ4v) is 1.11. The van der Waals surface area contributed by atoms with Crippen LogP contribution < -0.4 is 0 Å². The maximum Gasteiger partial charge on any atom is 0.146 e. The van der Waals surface area contributed by atoms with E-state index in [1.54, 1.807) is 7.11 Å². The van der Waals surface area contributed by atoms with Crippen molar-refractivity contribution in [3.63, 3.8) is 0 Å². The Hall–Kier alpha value is -0.570. The molecule has 13 heavy (non-hydrogen) atoms. The number of hydrogen-bond acceptors (Lipinski definition) is 2. The number of hydrogen-bond donors (Lipinski definition) is 0. The highest BCUT2D eigenvalue weighted by atomic mass is 35.5. The Morgan fingerprint density at radius 2 is 1.92 bits per heavy atom. The van der Waals surface area contributed by atoms with Gasteiger partial charge >= 0.3 is 0 Å². The Morgan fingerprint density at radius 3 is 2.54 bits per heavy atom. The lowest BCUT2D eigenvalue weighted by molar-refractivity contribution is -0.0291. The van der Waals surface area contributed by atoms with E-state index in [4.69, 9.17) is 21.1 Å². The third-order valence-corrected chi connectivity index (χ3v) is 1.90. The van der Waals surface area contributed by atoms with Crippen LogP contribution in [0.4, 0.5) is 0 Å². The van der Waals surface area contributed by atoms with E-state index in [1.165, 1.54) is 5.56 Å². The Balaban J connectivity index is 2.25. The Labute approximate surface area is 83.4 Å². The van der Waals surface area contributed by atoms with Gasteiger partial charge in [-0.3, -0.25) is 0 Å². The van der Waals surface area contributed by atoms with E-state index in [2.05, 4.69) is 0 Å². The molecule has 0 fully saturated rings. The molecule has 0 aromatic heterocycles. The quantitative estimate of drug-likeness (QED) is 0.537. The molecule has 0 bridgehead atoms. The third kappa shape index (κ3) is 4.27. The first-order chi connectivity index (χ1) is 6.33. The van der Waals surface area contributed by atoms with E-state index >= 15 is 0 Å². The average Bonchev–Trinajstić information content (AvgIpc) is 2.15. The summed E-state index contributed by atoms with van der Waals surface area (Å²) in [6.07, 6.45) is 0.889. The second-order valence-electron chi connectivity index (χ2n) is 2.69. The van der Waals surface area contributed by atoms with E-state index in [0.717, 1.165) is 11.4 Å². The van der Waals surface area contributed by atoms with Crippen LogP contribution in [0.2, 0.25) is 5.02 Å². The lowest BCUT2D eigenvalue weighted by Crippen LogP contribution is -2.01. The first-order valence-electron chi connectivity index (χ1n) is 4.14. The van der Waals surface area contributed by atoms with Crippen molar-refractivity contribution in [3.05, 3.63) is 34.9 Å². The summed E-state index contributed by atoms with van der Waals surface area (Å²) in [6.45, 7) is 1.03. The highest BCUT2D eigenvalue weighted by Gasteiger charge is 1.93. The normalized spacial score (nSPS) is 10.3. The number of ether oxygens (including phenoxy) is 2. The molecule has 1 aromatic rings. The number of halogens is 1. The van der Waals surface area contributed by atoms with Crippen molar-refractivity contribution in [2.24, 2.45) is 0 Å². The van der Waals surface area contributed by atoms with Crippen molar-refractivity contribution in [3.8, 4) is 0 Å². The van der Waals surface area contributed by atoms with Gasteiger partial charge in [0.1, 0.15) is 6.79 Å². The first kappa shape index (κ1) is 10.5. The molecule has 0 saturated heterocycles. The smallest absolute Gasteiger partial charge is 0.146 e. The summed E-state index contributed by atoms with van der Waals surface area (Å²) < 4.78 is 9.92. The summed E-state index contributed by atoms with van der Waals surface area (Å²) in [5, 5.41) is 0.765.